The fourth-order valence-electron chi connectivity index (χ4n) is 3.40. The number of hydrogen-bond donors (Lipinski definition) is 2. The molecule has 21 heavy (non-hydrogen) atoms. The molecule has 1 fully saturated rings. The van der Waals surface area contributed by atoms with Crippen LogP contribution in [0.2, 0.25) is 0 Å². The van der Waals surface area contributed by atoms with E-state index < -0.39 is 0 Å². The van der Waals surface area contributed by atoms with Gasteiger partial charge in [-0.25, -0.2) is 4.98 Å². The van der Waals surface area contributed by atoms with E-state index in [1.807, 2.05) is 24.3 Å². The van der Waals surface area contributed by atoms with E-state index in [0.29, 0.717) is 24.2 Å². The van der Waals surface area contributed by atoms with Crippen molar-refractivity contribution in [3.05, 3.63) is 40.3 Å². The number of para-hydroxylation sites is 2. The Morgan fingerprint density at radius 3 is 3.00 bits per heavy atom. The number of nitrogens with one attached hydrogen (secondary N) is 1. The zero-order valence-corrected chi connectivity index (χ0v) is 12.4. The fourth-order valence-corrected chi connectivity index (χ4v) is 3.40. The van der Waals surface area contributed by atoms with E-state index >= 15 is 0 Å². The minimum absolute atomic E-state index is 0.0946. The van der Waals surface area contributed by atoms with Crippen LogP contribution < -0.4 is 11.3 Å². The van der Waals surface area contributed by atoms with Gasteiger partial charge in [-0.3, -0.25) is 9.69 Å². The molecule has 3 rings (SSSR count). The molecule has 3 N–H and O–H groups in total. The van der Waals surface area contributed by atoms with Crippen molar-refractivity contribution in [1.82, 2.24) is 14.9 Å². The molecule has 5 nitrogen and oxygen atoms in total. The molecule has 0 bridgehead atoms. The van der Waals surface area contributed by atoms with Gasteiger partial charge in [0, 0.05) is 12.6 Å². The first-order valence-corrected chi connectivity index (χ1v) is 7.57. The highest BCUT2D eigenvalue weighted by Crippen LogP contribution is 2.28. The number of benzene rings is 1. The van der Waals surface area contributed by atoms with Crippen molar-refractivity contribution in [2.24, 2.45) is 11.7 Å². The summed E-state index contributed by atoms with van der Waals surface area (Å²) in [5.74, 6) is 0.537. The number of aromatic amines is 1. The second-order valence-electron chi connectivity index (χ2n) is 5.94. The Hall–Kier alpha value is -1.72. The van der Waals surface area contributed by atoms with Gasteiger partial charge in [-0.2, -0.15) is 0 Å². The van der Waals surface area contributed by atoms with Crippen molar-refractivity contribution in [3.8, 4) is 0 Å². The van der Waals surface area contributed by atoms with Crippen LogP contribution in [0.25, 0.3) is 11.0 Å². The molecule has 0 aliphatic heterocycles. The van der Waals surface area contributed by atoms with Gasteiger partial charge in [0.05, 0.1) is 11.0 Å². The topological polar surface area (TPSA) is 75.0 Å². The average molecular weight is 286 g/mol. The van der Waals surface area contributed by atoms with Gasteiger partial charge in [0.15, 0.2) is 0 Å². The smallest absolute Gasteiger partial charge is 0.271 e. The first-order chi connectivity index (χ1) is 10.2. The van der Waals surface area contributed by atoms with Gasteiger partial charge < -0.3 is 10.7 Å². The van der Waals surface area contributed by atoms with Gasteiger partial charge in [0.25, 0.3) is 5.56 Å². The van der Waals surface area contributed by atoms with Gasteiger partial charge in [-0.1, -0.05) is 18.6 Å². The molecular formula is C16H22N4O. The summed E-state index contributed by atoms with van der Waals surface area (Å²) >= 11 is 0. The van der Waals surface area contributed by atoms with Crippen molar-refractivity contribution in [1.29, 1.82) is 0 Å². The molecule has 1 aromatic carbocycles. The highest BCUT2D eigenvalue weighted by Gasteiger charge is 2.29. The lowest BCUT2D eigenvalue weighted by atomic mass is 10.0. The number of fused-ring (bicyclic) bond motifs is 1. The number of nitrogens with zero attached hydrogens (tertiary/aromatic N) is 2. The summed E-state index contributed by atoms with van der Waals surface area (Å²) in [6.45, 7) is 1.29. The van der Waals surface area contributed by atoms with Crippen molar-refractivity contribution in [3.63, 3.8) is 0 Å². The Bertz CT molecular complexity index is 681. The predicted octanol–water partition coefficient (Wildman–Crippen LogP) is 1.48. The quantitative estimate of drug-likeness (QED) is 0.893. The third-order valence-corrected chi connectivity index (χ3v) is 4.56. The van der Waals surface area contributed by atoms with Crippen LogP contribution in [-0.2, 0) is 6.54 Å². The summed E-state index contributed by atoms with van der Waals surface area (Å²) < 4.78 is 0. The number of rotatable bonds is 4. The molecule has 1 heterocycles. The highest BCUT2D eigenvalue weighted by atomic mass is 16.1. The van der Waals surface area contributed by atoms with Gasteiger partial charge in [0.2, 0.25) is 0 Å². The second kappa shape index (κ2) is 5.95. The molecule has 1 aliphatic carbocycles. The molecule has 1 aliphatic rings. The Kier molecular flexibility index (Phi) is 4.03. The Morgan fingerprint density at radius 2 is 2.19 bits per heavy atom. The van der Waals surface area contributed by atoms with Gasteiger partial charge in [-0.15, -0.1) is 0 Å². The summed E-state index contributed by atoms with van der Waals surface area (Å²) in [6.07, 6.45) is 3.56. The van der Waals surface area contributed by atoms with Gasteiger partial charge >= 0.3 is 0 Å². The number of aromatic nitrogens is 2. The molecule has 2 aromatic rings. The van der Waals surface area contributed by atoms with E-state index in [0.717, 1.165) is 24.0 Å². The Labute approximate surface area is 124 Å². The van der Waals surface area contributed by atoms with E-state index in [-0.39, 0.29) is 5.56 Å². The van der Waals surface area contributed by atoms with E-state index in [2.05, 4.69) is 21.9 Å². The lowest BCUT2D eigenvalue weighted by Gasteiger charge is -2.28. The lowest BCUT2D eigenvalue weighted by Crippen LogP contribution is -2.38. The van der Waals surface area contributed by atoms with Crippen molar-refractivity contribution in [2.75, 3.05) is 13.6 Å². The summed E-state index contributed by atoms with van der Waals surface area (Å²) in [6, 6.07) is 8.09. The van der Waals surface area contributed by atoms with E-state index in [9.17, 15) is 4.79 Å². The second-order valence-corrected chi connectivity index (χ2v) is 5.94. The molecule has 1 aromatic heterocycles. The average Bonchev–Trinajstić information content (AvgIpc) is 2.96. The normalized spacial score (nSPS) is 22.2. The minimum Gasteiger partial charge on any atom is -0.330 e. The Balaban J connectivity index is 1.84. The maximum atomic E-state index is 12.2. The summed E-state index contributed by atoms with van der Waals surface area (Å²) in [5.41, 5.74) is 7.96. The van der Waals surface area contributed by atoms with Crippen LogP contribution >= 0.6 is 0 Å². The third-order valence-electron chi connectivity index (χ3n) is 4.56. The maximum absolute atomic E-state index is 12.2. The van der Waals surface area contributed by atoms with Crippen molar-refractivity contribution in [2.45, 2.75) is 31.8 Å². The number of nitrogens with two attached hydrogens (primary N) is 1. The van der Waals surface area contributed by atoms with Crippen LogP contribution in [0.4, 0.5) is 0 Å². The summed E-state index contributed by atoms with van der Waals surface area (Å²) in [7, 11) is 2.06. The van der Waals surface area contributed by atoms with Crippen LogP contribution in [0.15, 0.2) is 29.1 Å². The monoisotopic (exact) mass is 286 g/mol. The van der Waals surface area contributed by atoms with Crippen LogP contribution in [0.3, 0.4) is 0 Å². The molecule has 1 saturated carbocycles. The SMILES string of the molecule is CN(Cc1nc2ccccc2[nH]c1=O)C1CCCC1CN. The molecule has 112 valence electrons. The Morgan fingerprint density at radius 1 is 1.38 bits per heavy atom. The van der Waals surface area contributed by atoms with Crippen LogP contribution in [0.1, 0.15) is 25.0 Å². The molecular weight excluding hydrogens is 264 g/mol. The van der Waals surface area contributed by atoms with Crippen LogP contribution in [-0.4, -0.2) is 34.5 Å². The number of hydrogen-bond acceptors (Lipinski definition) is 4. The van der Waals surface area contributed by atoms with Gasteiger partial charge in [0.1, 0.15) is 5.69 Å². The van der Waals surface area contributed by atoms with E-state index in [1.165, 1.54) is 12.8 Å². The standard InChI is InChI=1S/C16H22N4O/c1-20(15-8-4-5-11(15)9-17)10-14-16(21)19-13-7-3-2-6-12(13)18-14/h2-3,6-7,11,15H,4-5,8-10,17H2,1H3,(H,19,21). The first kappa shape index (κ1) is 14.2. The van der Waals surface area contributed by atoms with Crippen LogP contribution in [0, 0.1) is 5.92 Å². The van der Waals surface area contributed by atoms with E-state index in [4.69, 9.17) is 5.73 Å². The molecule has 0 radical (unpaired) electrons. The molecule has 0 spiro atoms. The predicted molar refractivity (Wildman–Crippen MR) is 84.0 cm³/mol. The van der Waals surface area contributed by atoms with Crippen molar-refractivity contribution < 1.29 is 0 Å². The summed E-state index contributed by atoms with van der Waals surface area (Å²) in [5, 5.41) is 0. The third kappa shape index (κ3) is 2.84. The minimum atomic E-state index is -0.0946. The fraction of sp³-hybridized carbons (Fsp3) is 0.500. The molecule has 0 amide bonds. The molecule has 2 atom stereocenters. The largest absolute Gasteiger partial charge is 0.330 e. The van der Waals surface area contributed by atoms with Gasteiger partial charge in [-0.05, 0) is 44.5 Å². The van der Waals surface area contributed by atoms with Crippen molar-refractivity contribution >= 4 is 11.0 Å². The maximum Gasteiger partial charge on any atom is 0.271 e. The molecule has 2 unspecified atom stereocenters. The van der Waals surface area contributed by atoms with E-state index in [1.54, 1.807) is 0 Å². The highest BCUT2D eigenvalue weighted by molar-refractivity contribution is 5.73. The lowest BCUT2D eigenvalue weighted by molar-refractivity contribution is 0.190. The first-order valence-electron chi connectivity index (χ1n) is 7.57. The molecule has 5 heteroatoms. The molecule has 0 saturated heterocycles. The number of H-pyrrole nitrogens is 1. The summed E-state index contributed by atoms with van der Waals surface area (Å²) in [4.78, 5) is 21.8. The van der Waals surface area contributed by atoms with Crippen LogP contribution in [0.5, 0.6) is 0 Å². The zero-order valence-electron chi connectivity index (χ0n) is 12.4. The zero-order chi connectivity index (χ0) is 14.8.